The molecule has 1 N–H and O–H groups in total. The normalized spacial score (nSPS) is 16.6. The van der Waals surface area contributed by atoms with Gasteiger partial charge in [-0.05, 0) is 48.9 Å². The zero-order chi connectivity index (χ0) is 21.1. The number of piperidine rings is 1. The molecule has 3 aromatic rings. The van der Waals surface area contributed by atoms with Crippen molar-refractivity contribution in [1.29, 1.82) is 0 Å². The molecular weight excluding hydrogens is 376 g/mol. The van der Waals surface area contributed by atoms with Gasteiger partial charge < -0.3 is 10.2 Å². The van der Waals surface area contributed by atoms with Crippen LogP contribution in [-0.2, 0) is 17.8 Å². The maximum atomic E-state index is 13.0. The molecule has 1 saturated heterocycles. The lowest BCUT2D eigenvalue weighted by molar-refractivity contribution is -0.117. The van der Waals surface area contributed by atoms with Crippen LogP contribution in [0.3, 0.4) is 0 Å². The van der Waals surface area contributed by atoms with Gasteiger partial charge in [0.05, 0.1) is 5.39 Å². The average Bonchev–Trinajstić information content (AvgIpc) is 2.76. The van der Waals surface area contributed by atoms with E-state index < -0.39 is 0 Å². The van der Waals surface area contributed by atoms with Crippen LogP contribution in [0.4, 0.5) is 11.5 Å². The van der Waals surface area contributed by atoms with Crippen LogP contribution in [0, 0.1) is 5.92 Å². The van der Waals surface area contributed by atoms with E-state index in [0.717, 1.165) is 42.8 Å². The number of rotatable bonds is 5. The van der Waals surface area contributed by atoms with Gasteiger partial charge in [-0.15, -0.1) is 0 Å². The third-order valence-electron chi connectivity index (χ3n) is 5.74. The Hall–Kier alpha value is -3.15. The molecule has 0 spiro atoms. The van der Waals surface area contributed by atoms with Gasteiger partial charge in [-0.1, -0.05) is 44.2 Å². The van der Waals surface area contributed by atoms with Crippen LogP contribution in [-0.4, -0.2) is 28.8 Å². The number of fused-ring (bicyclic) bond motifs is 1. The Morgan fingerprint density at radius 1 is 1.13 bits per heavy atom. The molecule has 1 amide bonds. The third kappa shape index (κ3) is 4.22. The number of anilines is 2. The highest BCUT2D eigenvalue weighted by atomic mass is 16.2. The molecule has 2 aromatic carbocycles. The molecule has 0 radical (unpaired) electrons. The van der Waals surface area contributed by atoms with Gasteiger partial charge in [0.25, 0.3) is 5.56 Å². The smallest absolute Gasteiger partial charge is 0.275 e. The minimum Gasteiger partial charge on any atom is -0.354 e. The molecule has 6 nitrogen and oxygen atoms in total. The summed E-state index contributed by atoms with van der Waals surface area (Å²) >= 11 is 0. The molecular formula is C24H28N4O2. The van der Waals surface area contributed by atoms with Crippen LogP contribution < -0.4 is 15.8 Å². The second-order valence-electron chi connectivity index (χ2n) is 8.12. The van der Waals surface area contributed by atoms with Gasteiger partial charge in [0.2, 0.25) is 5.91 Å². The summed E-state index contributed by atoms with van der Waals surface area (Å²) in [6.07, 6.45) is 3.25. The van der Waals surface area contributed by atoms with E-state index in [2.05, 4.69) is 29.2 Å². The van der Waals surface area contributed by atoms with Gasteiger partial charge in [0.1, 0.15) is 6.54 Å². The van der Waals surface area contributed by atoms with Crippen molar-refractivity contribution >= 4 is 28.2 Å². The Balaban J connectivity index is 1.63. The molecule has 1 fully saturated rings. The summed E-state index contributed by atoms with van der Waals surface area (Å²) in [7, 11) is 0. The number of nitrogens with zero attached hydrogens (tertiary/aromatic N) is 3. The topological polar surface area (TPSA) is 67.2 Å². The fourth-order valence-electron chi connectivity index (χ4n) is 4.10. The average molecular weight is 405 g/mol. The van der Waals surface area contributed by atoms with Gasteiger partial charge in [-0.2, -0.15) is 5.10 Å². The number of amides is 1. The van der Waals surface area contributed by atoms with Crippen molar-refractivity contribution < 1.29 is 4.79 Å². The highest BCUT2D eigenvalue weighted by Gasteiger charge is 2.22. The molecule has 156 valence electrons. The Kier molecular flexibility index (Phi) is 5.84. The number of benzene rings is 2. The van der Waals surface area contributed by atoms with E-state index in [1.54, 1.807) is 0 Å². The van der Waals surface area contributed by atoms with Crippen LogP contribution in [0.5, 0.6) is 0 Å². The van der Waals surface area contributed by atoms with Crippen LogP contribution >= 0.6 is 0 Å². The van der Waals surface area contributed by atoms with Crippen molar-refractivity contribution in [3.63, 3.8) is 0 Å². The summed E-state index contributed by atoms with van der Waals surface area (Å²) in [5.74, 6) is 1.10. The number of carbonyl (C=O) groups excluding carboxylic acids is 1. The predicted octanol–water partition coefficient (Wildman–Crippen LogP) is 3.83. The number of aromatic nitrogens is 2. The molecule has 1 aliphatic rings. The number of carbonyl (C=O) groups is 1. The van der Waals surface area contributed by atoms with Gasteiger partial charge in [-0.25, -0.2) is 4.68 Å². The number of nitrogens with one attached hydrogen (secondary N) is 1. The number of hydrogen-bond acceptors (Lipinski definition) is 4. The maximum Gasteiger partial charge on any atom is 0.275 e. The summed E-state index contributed by atoms with van der Waals surface area (Å²) in [4.78, 5) is 27.9. The molecule has 2 heterocycles. The Labute approximate surface area is 176 Å². The quantitative estimate of drug-likeness (QED) is 0.702. The van der Waals surface area contributed by atoms with Gasteiger partial charge in [-0.3, -0.25) is 9.59 Å². The first kappa shape index (κ1) is 20.1. The van der Waals surface area contributed by atoms with Gasteiger partial charge in [0.15, 0.2) is 5.82 Å². The fourth-order valence-corrected chi connectivity index (χ4v) is 4.10. The molecule has 0 unspecified atom stereocenters. The summed E-state index contributed by atoms with van der Waals surface area (Å²) in [6.45, 7) is 6.03. The first-order valence-corrected chi connectivity index (χ1v) is 10.7. The van der Waals surface area contributed by atoms with E-state index in [4.69, 9.17) is 0 Å². The molecule has 0 bridgehead atoms. The van der Waals surface area contributed by atoms with Crippen molar-refractivity contribution in [2.75, 3.05) is 23.3 Å². The lowest BCUT2D eigenvalue weighted by Gasteiger charge is -2.32. The Bertz CT molecular complexity index is 1100. The van der Waals surface area contributed by atoms with Crippen molar-refractivity contribution in [1.82, 2.24) is 9.78 Å². The number of hydrogen-bond donors (Lipinski definition) is 1. The SMILES string of the molecule is CCc1ccc(NC(=O)Cn2nc(N3CCC[C@H](C)C3)c3ccccc3c2=O)cc1. The summed E-state index contributed by atoms with van der Waals surface area (Å²) in [6, 6.07) is 15.3. The van der Waals surface area contributed by atoms with E-state index in [0.29, 0.717) is 11.3 Å². The number of aryl methyl sites for hydroxylation is 1. The second kappa shape index (κ2) is 8.69. The fraction of sp³-hybridized carbons (Fsp3) is 0.375. The van der Waals surface area contributed by atoms with Gasteiger partial charge >= 0.3 is 0 Å². The molecule has 0 saturated carbocycles. The zero-order valence-electron chi connectivity index (χ0n) is 17.6. The van der Waals surface area contributed by atoms with E-state index >= 15 is 0 Å². The molecule has 1 aromatic heterocycles. The monoisotopic (exact) mass is 404 g/mol. The van der Waals surface area contributed by atoms with Crippen molar-refractivity contribution in [2.45, 2.75) is 39.7 Å². The first-order chi connectivity index (χ1) is 14.5. The molecule has 1 aliphatic heterocycles. The van der Waals surface area contributed by atoms with Crippen molar-refractivity contribution in [3.05, 3.63) is 64.4 Å². The predicted molar refractivity (Wildman–Crippen MR) is 121 cm³/mol. The lowest BCUT2D eigenvalue weighted by atomic mass is 10.00. The van der Waals surface area contributed by atoms with Crippen LogP contribution in [0.1, 0.15) is 32.3 Å². The molecule has 0 aliphatic carbocycles. The minimum absolute atomic E-state index is 0.115. The summed E-state index contributed by atoms with van der Waals surface area (Å²) in [5.41, 5.74) is 1.69. The highest BCUT2D eigenvalue weighted by molar-refractivity contribution is 5.93. The lowest BCUT2D eigenvalue weighted by Crippen LogP contribution is -2.38. The zero-order valence-corrected chi connectivity index (χ0v) is 17.6. The molecule has 30 heavy (non-hydrogen) atoms. The summed E-state index contributed by atoms with van der Waals surface area (Å²) in [5, 5.41) is 8.96. The highest BCUT2D eigenvalue weighted by Crippen LogP contribution is 2.26. The van der Waals surface area contributed by atoms with E-state index in [1.807, 2.05) is 48.5 Å². The second-order valence-corrected chi connectivity index (χ2v) is 8.12. The van der Waals surface area contributed by atoms with E-state index in [9.17, 15) is 9.59 Å². The van der Waals surface area contributed by atoms with Gasteiger partial charge in [0, 0.05) is 24.2 Å². The Morgan fingerprint density at radius 2 is 1.87 bits per heavy atom. The first-order valence-electron chi connectivity index (χ1n) is 10.7. The van der Waals surface area contributed by atoms with Crippen molar-refractivity contribution in [2.24, 2.45) is 5.92 Å². The van der Waals surface area contributed by atoms with Crippen LogP contribution in [0.2, 0.25) is 0 Å². The van der Waals surface area contributed by atoms with Crippen LogP contribution in [0.15, 0.2) is 53.3 Å². The molecule has 1 atom stereocenters. The van der Waals surface area contributed by atoms with Crippen LogP contribution in [0.25, 0.3) is 10.8 Å². The standard InChI is InChI=1S/C24H28N4O2/c1-3-18-10-12-19(13-11-18)25-22(29)16-28-24(30)21-9-5-4-8-20(21)23(26-28)27-14-6-7-17(2)15-27/h4-5,8-13,17H,3,6-7,14-16H2,1-2H3,(H,25,29)/t17-/m0/s1. The molecule has 4 rings (SSSR count). The summed E-state index contributed by atoms with van der Waals surface area (Å²) < 4.78 is 1.30. The van der Waals surface area contributed by atoms with E-state index in [-0.39, 0.29) is 18.0 Å². The maximum absolute atomic E-state index is 13.0. The largest absolute Gasteiger partial charge is 0.354 e. The minimum atomic E-state index is -0.262. The van der Waals surface area contributed by atoms with Crippen molar-refractivity contribution in [3.8, 4) is 0 Å². The molecule has 6 heteroatoms. The third-order valence-corrected chi connectivity index (χ3v) is 5.74. The van der Waals surface area contributed by atoms with E-state index in [1.165, 1.54) is 16.7 Å². The Morgan fingerprint density at radius 3 is 2.57 bits per heavy atom.